The van der Waals surface area contributed by atoms with Gasteiger partial charge in [-0.2, -0.15) is 0 Å². The molecule has 0 saturated carbocycles. The Bertz CT molecular complexity index is 1170. The highest BCUT2D eigenvalue weighted by Crippen LogP contribution is 2.44. The van der Waals surface area contributed by atoms with Gasteiger partial charge < -0.3 is 20.5 Å². The third-order valence-electron chi connectivity index (χ3n) is 6.28. The molecule has 0 aromatic heterocycles. The minimum absolute atomic E-state index is 0.0279. The fourth-order valence-corrected chi connectivity index (χ4v) is 4.44. The molecule has 2 unspecified atom stereocenters. The summed E-state index contributed by atoms with van der Waals surface area (Å²) in [6.07, 6.45) is -1.38. The molecule has 7 heteroatoms. The van der Waals surface area contributed by atoms with E-state index in [1.165, 1.54) is 0 Å². The molecule has 0 heterocycles. The lowest BCUT2D eigenvalue weighted by atomic mass is 9.98. The van der Waals surface area contributed by atoms with E-state index in [0.29, 0.717) is 6.54 Å². The smallest absolute Gasteiger partial charge is 0.407 e. The summed E-state index contributed by atoms with van der Waals surface area (Å²) in [6, 6.07) is 24.4. The molecule has 3 aromatic carbocycles. The van der Waals surface area contributed by atoms with Gasteiger partial charge >= 0.3 is 12.1 Å². The summed E-state index contributed by atoms with van der Waals surface area (Å²) in [6.45, 7) is 2.35. The standard InChI is InChI=1S/C28H28N2O5/c1-18(19-9-3-2-4-10-19)16-29-27(33)25(15-26(31)32)30-28(34)35-17-24-22-13-7-5-11-20(22)21-12-6-8-14-23(21)24/h2-14,18,24-25H,15-17H2,1H3,(H,29,33)(H,30,34)(H,31,32). The number of hydrogen-bond acceptors (Lipinski definition) is 4. The van der Waals surface area contributed by atoms with Crippen LogP contribution in [0.2, 0.25) is 0 Å². The van der Waals surface area contributed by atoms with Crippen LogP contribution < -0.4 is 10.6 Å². The van der Waals surface area contributed by atoms with E-state index < -0.39 is 30.4 Å². The van der Waals surface area contributed by atoms with E-state index in [9.17, 15) is 19.5 Å². The molecule has 3 aromatic rings. The molecule has 0 saturated heterocycles. The molecule has 2 amide bonds. The summed E-state index contributed by atoms with van der Waals surface area (Å²) in [4.78, 5) is 36.6. The minimum Gasteiger partial charge on any atom is -0.481 e. The Kier molecular flexibility index (Phi) is 7.45. The first-order valence-electron chi connectivity index (χ1n) is 11.6. The molecule has 35 heavy (non-hydrogen) atoms. The highest BCUT2D eigenvalue weighted by atomic mass is 16.5. The van der Waals surface area contributed by atoms with Crippen LogP contribution in [0.4, 0.5) is 4.79 Å². The summed E-state index contributed by atoms with van der Waals surface area (Å²) in [5.74, 6) is -1.87. The maximum atomic E-state index is 12.7. The number of carboxylic acid groups (broad SMARTS) is 1. The van der Waals surface area contributed by atoms with Crippen LogP contribution in [0.3, 0.4) is 0 Å². The third-order valence-corrected chi connectivity index (χ3v) is 6.28. The van der Waals surface area contributed by atoms with Crippen molar-refractivity contribution in [3.63, 3.8) is 0 Å². The van der Waals surface area contributed by atoms with Crippen molar-refractivity contribution >= 4 is 18.0 Å². The van der Waals surface area contributed by atoms with Crippen molar-refractivity contribution in [2.24, 2.45) is 0 Å². The van der Waals surface area contributed by atoms with Gasteiger partial charge in [0.2, 0.25) is 5.91 Å². The van der Waals surface area contributed by atoms with Gasteiger partial charge in [-0.3, -0.25) is 9.59 Å². The fraction of sp³-hybridized carbons (Fsp3) is 0.250. The number of carboxylic acids is 1. The molecule has 0 radical (unpaired) electrons. The Morgan fingerprint density at radius 3 is 2.06 bits per heavy atom. The van der Waals surface area contributed by atoms with Gasteiger partial charge in [0.05, 0.1) is 6.42 Å². The van der Waals surface area contributed by atoms with E-state index in [-0.39, 0.29) is 18.4 Å². The maximum Gasteiger partial charge on any atom is 0.407 e. The Morgan fingerprint density at radius 2 is 1.46 bits per heavy atom. The van der Waals surface area contributed by atoms with E-state index in [2.05, 4.69) is 10.6 Å². The topological polar surface area (TPSA) is 105 Å². The second kappa shape index (κ2) is 10.9. The van der Waals surface area contributed by atoms with Gasteiger partial charge in [-0.1, -0.05) is 85.8 Å². The molecule has 0 aliphatic heterocycles. The van der Waals surface area contributed by atoms with Crippen LogP contribution in [0.25, 0.3) is 11.1 Å². The largest absolute Gasteiger partial charge is 0.481 e. The normalized spacial score (nSPS) is 13.7. The zero-order valence-electron chi connectivity index (χ0n) is 19.4. The number of fused-ring (bicyclic) bond motifs is 3. The molecule has 180 valence electrons. The number of amides is 2. The van der Waals surface area contributed by atoms with Crippen molar-refractivity contribution < 1.29 is 24.2 Å². The molecule has 1 aliphatic carbocycles. The van der Waals surface area contributed by atoms with E-state index in [1.807, 2.05) is 85.8 Å². The van der Waals surface area contributed by atoms with E-state index >= 15 is 0 Å². The lowest BCUT2D eigenvalue weighted by Gasteiger charge is -2.20. The Hall–Kier alpha value is -4.13. The summed E-state index contributed by atoms with van der Waals surface area (Å²) in [5.41, 5.74) is 5.39. The summed E-state index contributed by atoms with van der Waals surface area (Å²) < 4.78 is 5.47. The van der Waals surface area contributed by atoms with Crippen molar-refractivity contribution in [2.75, 3.05) is 13.2 Å². The average Bonchev–Trinajstić information content (AvgIpc) is 3.19. The van der Waals surface area contributed by atoms with Crippen LogP contribution >= 0.6 is 0 Å². The first kappa shape index (κ1) is 24.0. The molecule has 0 fully saturated rings. The second-order valence-electron chi connectivity index (χ2n) is 8.68. The van der Waals surface area contributed by atoms with Crippen molar-refractivity contribution in [3.05, 3.63) is 95.6 Å². The van der Waals surface area contributed by atoms with Gasteiger partial charge in [-0.25, -0.2) is 4.79 Å². The Morgan fingerprint density at radius 1 is 0.886 bits per heavy atom. The van der Waals surface area contributed by atoms with Crippen LogP contribution in [-0.4, -0.2) is 42.3 Å². The van der Waals surface area contributed by atoms with Gasteiger partial charge in [0.25, 0.3) is 0 Å². The summed E-state index contributed by atoms with van der Waals surface area (Å²) in [5, 5.41) is 14.4. The number of benzene rings is 3. The molecule has 0 spiro atoms. The van der Waals surface area contributed by atoms with E-state index in [1.54, 1.807) is 0 Å². The summed E-state index contributed by atoms with van der Waals surface area (Å²) >= 11 is 0. The molecular formula is C28H28N2O5. The van der Waals surface area contributed by atoms with Gasteiger partial charge in [0.15, 0.2) is 0 Å². The highest BCUT2D eigenvalue weighted by molar-refractivity contribution is 5.89. The third kappa shape index (κ3) is 5.69. The minimum atomic E-state index is -1.24. The molecule has 1 aliphatic rings. The zero-order chi connectivity index (χ0) is 24.8. The van der Waals surface area contributed by atoms with Crippen LogP contribution in [0, 0.1) is 0 Å². The Balaban J connectivity index is 1.36. The van der Waals surface area contributed by atoms with E-state index in [4.69, 9.17) is 4.74 Å². The van der Waals surface area contributed by atoms with Gasteiger partial charge in [0, 0.05) is 12.5 Å². The summed E-state index contributed by atoms with van der Waals surface area (Å²) in [7, 11) is 0. The molecule has 3 N–H and O–H groups in total. The van der Waals surface area contributed by atoms with Crippen LogP contribution in [0.1, 0.15) is 41.9 Å². The fourth-order valence-electron chi connectivity index (χ4n) is 4.44. The number of alkyl carbamates (subject to hydrolysis) is 1. The number of carbonyl (C=O) groups excluding carboxylic acids is 2. The Labute approximate surface area is 204 Å². The molecule has 7 nitrogen and oxygen atoms in total. The monoisotopic (exact) mass is 472 g/mol. The molecule has 2 atom stereocenters. The number of ether oxygens (including phenoxy) is 1. The predicted molar refractivity (Wildman–Crippen MR) is 132 cm³/mol. The second-order valence-corrected chi connectivity index (χ2v) is 8.68. The van der Waals surface area contributed by atoms with Gasteiger partial charge in [0.1, 0.15) is 12.6 Å². The van der Waals surface area contributed by atoms with E-state index in [0.717, 1.165) is 27.8 Å². The first-order valence-corrected chi connectivity index (χ1v) is 11.6. The van der Waals surface area contributed by atoms with Crippen LogP contribution in [-0.2, 0) is 14.3 Å². The van der Waals surface area contributed by atoms with Crippen LogP contribution in [0.5, 0.6) is 0 Å². The van der Waals surface area contributed by atoms with Crippen molar-refractivity contribution in [1.29, 1.82) is 0 Å². The molecule has 0 bridgehead atoms. The van der Waals surface area contributed by atoms with Gasteiger partial charge in [-0.15, -0.1) is 0 Å². The first-order chi connectivity index (χ1) is 16.9. The van der Waals surface area contributed by atoms with Crippen molar-refractivity contribution in [3.8, 4) is 11.1 Å². The highest BCUT2D eigenvalue weighted by Gasteiger charge is 2.30. The number of rotatable bonds is 9. The zero-order valence-corrected chi connectivity index (χ0v) is 19.4. The number of aliphatic carboxylic acids is 1. The number of hydrogen-bond donors (Lipinski definition) is 3. The average molecular weight is 473 g/mol. The number of carbonyl (C=O) groups is 3. The predicted octanol–water partition coefficient (Wildman–Crippen LogP) is 4.29. The SMILES string of the molecule is CC(CNC(=O)C(CC(=O)O)NC(=O)OCC1c2ccccc2-c2ccccc21)c1ccccc1. The molecule has 4 rings (SSSR count). The molecular weight excluding hydrogens is 444 g/mol. The van der Waals surface area contributed by atoms with Gasteiger partial charge in [-0.05, 0) is 33.7 Å². The lowest BCUT2D eigenvalue weighted by Crippen LogP contribution is -2.48. The number of nitrogens with one attached hydrogen (secondary N) is 2. The maximum absolute atomic E-state index is 12.7. The quantitative estimate of drug-likeness (QED) is 0.431. The lowest BCUT2D eigenvalue weighted by molar-refractivity contribution is -0.139. The van der Waals surface area contributed by atoms with Crippen LogP contribution in [0.15, 0.2) is 78.9 Å². The van der Waals surface area contributed by atoms with Crippen molar-refractivity contribution in [1.82, 2.24) is 10.6 Å². The van der Waals surface area contributed by atoms with Crippen molar-refractivity contribution in [2.45, 2.75) is 31.2 Å².